The molecule has 0 amide bonds. The monoisotopic (exact) mass is 539 g/mol. The highest BCUT2D eigenvalue weighted by Crippen LogP contribution is 2.61. The summed E-state index contributed by atoms with van der Waals surface area (Å²) < 4.78 is 194. The number of sulfone groups is 1. The third kappa shape index (κ3) is 5.81. The van der Waals surface area contributed by atoms with Crippen molar-refractivity contribution in [2.45, 2.75) is 62.8 Å². The van der Waals surface area contributed by atoms with Gasteiger partial charge in [0.15, 0.2) is 0 Å². The Morgan fingerprint density at radius 3 is 1.24 bits per heavy atom. The lowest BCUT2D eigenvalue weighted by molar-refractivity contribution is -0.433. The van der Waals surface area contributed by atoms with Crippen molar-refractivity contribution >= 4 is 9.84 Å². The third-order valence-electron chi connectivity index (χ3n) is 4.22. The molecule has 0 spiro atoms. The number of nitrogens with zero attached hydrogens (tertiary/aromatic N) is 1. The quantitative estimate of drug-likeness (QED) is 0.298. The Balaban J connectivity index is 6.22. The van der Waals surface area contributed by atoms with E-state index in [4.69, 9.17) is 0 Å². The molecule has 0 fully saturated rings. The topological polar surface area (TPSA) is 37.4 Å². The Labute approximate surface area is 181 Å². The normalized spacial score (nSPS) is 15.8. The van der Waals surface area contributed by atoms with Gasteiger partial charge >= 0.3 is 35.1 Å². The molecule has 0 heterocycles. The average Bonchev–Trinajstić information content (AvgIpc) is 2.56. The minimum Gasteiger partial charge on any atom is -0.302 e. The fourth-order valence-electron chi connectivity index (χ4n) is 2.62. The fourth-order valence-corrected chi connectivity index (χ4v) is 3.89. The highest BCUT2D eigenvalue weighted by Gasteiger charge is 2.92. The van der Waals surface area contributed by atoms with Gasteiger partial charge in [0.1, 0.15) is 0 Å². The zero-order chi connectivity index (χ0) is 27.1. The van der Waals surface area contributed by atoms with Crippen LogP contribution in [-0.4, -0.2) is 73.8 Å². The summed E-state index contributed by atoms with van der Waals surface area (Å²) in [6, 6.07) is 0. The molecule has 0 N–H and O–H groups in total. The van der Waals surface area contributed by atoms with Crippen molar-refractivity contribution in [1.29, 1.82) is 0 Å². The first-order valence-electron chi connectivity index (χ1n) is 9.11. The van der Waals surface area contributed by atoms with E-state index in [1.807, 2.05) is 0 Å². The molecular weight excluding hydrogens is 517 g/mol. The Hall–Kier alpha value is -1.00. The number of rotatable bonds is 12. The van der Waals surface area contributed by atoms with Gasteiger partial charge in [-0.25, -0.2) is 8.42 Å². The lowest BCUT2D eigenvalue weighted by atomic mass is 9.98. The maximum atomic E-state index is 14.0. The molecule has 0 radical (unpaired) electrons. The zero-order valence-corrected chi connectivity index (χ0v) is 18.4. The van der Waals surface area contributed by atoms with Gasteiger partial charge in [0.05, 0.1) is 5.75 Å². The van der Waals surface area contributed by atoms with Crippen LogP contribution in [0, 0.1) is 11.8 Å². The van der Waals surface area contributed by atoms with Crippen LogP contribution in [0.25, 0.3) is 0 Å². The predicted octanol–water partition coefficient (Wildman–Crippen LogP) is 5.71. The van der Waals surface area contributed by atoms with Crippen molar-refractivity contribution in [1.82, 2.24) is 4.90 Å². The molecule has 33 heavy (non-hydrogen) atoms. The summed E-state index contributed by atoms with van der Waals surface area (Å²) in [4.78, 5) is 1.16. The number of hydrogen-bond donors (Lipinski definition) is 0. The van der Waals surface area contributed by atoms with Crippen molar-refractivity contribution in [3.8, 4) is 0 Å². The summed E-state index contributed by atoms with van der Waals surface area (Å²) in [5.41, 5.74) is 0. The Morgan fingerprint density at radius 1 is 0.606 bits per heavy atom. The van der Waals surface area contributed by atoms with Crippen molar-refractivity contribution < 1.29 is 65.5 Å². The fraction of sp³-hybridized carbons (Fsp3) is 1.00. The Bertz CT molecular complexity index is 751. The Kier molecular flexibility index (Phi) is 9.28. The van der Waals surface area contributed by atoms with Gasteiger partial charge in [0.25, 0.3) is 0 Å². The van der Waals surface area contributed by atoms with E-state index < -0.39 is 57.3 Å². The highest BCUT2D eigenvalue weighted by atomic mass is 32.2. The minimum atomic E-state index is -8.14. The lowest BCUT2D eigenvalue weighted by Crippen LogP contribution is -2.71. The van der Waals surface area contributed by atoms with Crippen LogP contribution < -0.4 is 0 Å². The second-order valence-corrected chi connectivity index (χ2v) is 10.3. The van der Waals surface area contributed by atoms with Crippen LogP contribution in [0.5, 0.6) is 0 Å². The van der Waals surface area contributed by atoms with E-state index in [-0.39, 0.29) is 24.9 Å². The zero-order valence-electron chi connectivity index (χ0n) is 17.6. The SMILES string of the molecule is CC(C)CN(CCS(=O)(=O)C(F)(F)C(F)(F)C(F)(F)C(F)(F)C(F)(F)C(F)(F)F)CC(C)C. The van der Waals surface area contributed by atoms with Crippen molar-refractivity contribution in [2.75, 3.05) is 25.4 Å². The third-order valence-corrected chi connectivity index (χ3v) is 5.98. The summed E-state index contributed by atoms with van der Waals surface area (Å²) in [7, 11) is -6.77. The smallest absolute Gasteiger partial charge is 0.302 e. The van der Waals surface area contributed by atoms with Crippen LogP contribution in [0.3, 0.4) is 0 Å². The van der Waals surface area contributed by atoms with Crippen LogP contribution in [-0.2, 0) is 9.84 Å². The molecule has 0 aliphatic heterocycles. The molecule has 0 aromatic heterocycles. The molecule has 3 nitrogen and oxygen atoms in total. The van der Waals surface area contributed by atoms with E-state index in [9.17, 15) is 65.5 Å². The van der Waals surface area contributed by atoms with Crippen LogP contribution in [0.2, 0.25) is 0 Å². The number of alkyl halides is 13. The molecule has 0 saturated carbocycles. The molecule has 0 aromatic carbocycles. The van der Waals surface area contributed by atoms with Gasteiger partial charge < -0.3 is 4.90 Å². The molecule has 0 aliphatic carbocycles. The summed E-state index contributed by atoms with van der Waals surface area (Å²) in [5.74, 6) is -34.5. The summed E-state index contributed by atoms with van der Waals surface area (Å²) >= 11 is 0. The first-order valence-corrected chi connectivity index (χ1v) is 10.8. The van der Waals surface area contributed by atoms with Crippen LogP contribution in [0.4, 0.5) is 57.1 Å². The van der Waals surface area contributed by atoms with Gasteiger partial charge in [-0.3, -0.25) is 0 Å². The van der Waals surface area contributed by atoms with E-state index in [1.165, 1.54) is 0 Å². The number of halogens is 13. The van der Waals surface area contributed by atoms with Gasteiger partial charge in [0, 0.05) is 19.6 Å². The maximum Gasteiger partial charge on any atom is 0.460 e. The van der Waals surface area contributed by atoms with E-state index in [0.29, 0.717) is 0 Å². The molecule has 17 heteroatoms. The van der Waals surface area contributed by atoms with E-state index in [2.05, 4.69) is 0 Å². The summed E-state index contributed by atoms with van der Waals surface area (Å²) in [6.07, 6.45) is -7.56. The van der Waals surface area contributed by atoms with Crippen molar-refractivity contribution in [3.63, 3.8) is 0 Å². The van der Waals surface area contributed by atoms with Crippen LogP contribution in [0.1, 0.15) is 27.7 Å². The van der Waals surface area contributed by atoms with Gasteiger partial charge in [0.2, 0.25) is 9.84 Å². The molecule has 0 saturated heterocycles. The molecule has 0 bridgehead atoms. The van der Waals surface area contributed by atoms with E-state index in [1.54, 1.807) is 27.7 Å². The number of hydrogen-bond acceptors (Lipinski definition) is 3. The first-order chi connectivity index (χ1) is 14.2. The molecule has 200 valence electrons. The molecule has 0 atom stereocenters. The Morgan fingerprint density at radius 2 is 0.939 bits per heavy atom. The van der Waals surface area contributed by atoms with E-state index >= 15 is 0 Å². The van der Waals surface area contributed by atoms with Gasteiger partial charge in [-0.15, -0.1) is 0 Å². The molecule has 0 unspecified atom stereocenters. The van der Waals surface area contributed by atoms with Crippen LogP contribution in [0.15, 0.2) is 0 Å². The average molecular weight is 539 g/mol. The predicted molar refractivity (Wildman–Crippen MR) is 90.7 cm³/mol. The summed E-state index contributed by atoms with van der Waals surface area (Å²) in [5, 5.41) is -7.13. The standard InChI is InChI=1S/C16H22F13NO2S/c1-9(2)7-30(8-10(3)4)5-6-33(31,32)16(28,29)14(23,24)12(19,20)11(17,18)13(21,22)15(25,26)27/h9-10H,5-8H2,1-4H3. The highest BCUT2D eigenvalue weighted by molar-refractivity contribution is 7.92. The van der Waals surface area contributed by atoms with Crippen LogP contribution >= 0.6 is 0 Å². The molecular formula is C16H22F13NO2S. The van der Waals surface area contributed by atoms with Crippen molar-refractivity contribution in [2.24, 2.45) is 11.8 Å². The van der Waals surface area contributed by atoms with Gasteiger partial charge in [-0.1, -0.05) is 27.7 Å². The first kappa shape index (κ1) is 32.0. The molecule has 0 aliphatic rings. The van der Waals surface area contributed by atoms with Crippen molar-refractivity contribution in [3.05, 3.63) is 0 Å². The van der Waals surface area contributed by atoms with E-state index in [0.717, 1.165) is 4.90 Å². The summed E-state index contributed by atoms with van der Waals surface area (Å²) in [6.45, 7) is 5.43. The van der Waals surface area contributed by atoms with Gasteiger partial charge in [-0.2, -0.15) is 57.1 Å². The maximum absolute atomic E-state index is 14.0. The molecule has 0 aromatic rings. The van der Waals surface area contributed by atoms with Gasteiger partial charge in [-0.05, 0) is 11.8 Å². The second-order valence-electron chi connectivity index (χ2n) is 8.18. The minimum absolute atomic E-state index is 0.0156. The largest absolute Gasteiger partial charge is 0.460 e. The molecule has 0 rings (SSSR count). The lowest BCUT2D eigenvalue weighted by Gasteiger charge is -2.39. The second kappa shape index (κ2) is 9.57.